The van der Waals surface area contributed by atoms with Crippen molar-refractivity contribution in [2.75, 3.05) is 0 Å². The summed E-state index contributed by atoms with van der Waals surface area (Å²) < 4.78 is 16.5. The Morgan fingerprint density at radius 3 is 2.72 bits per heavy atom. The second-order valence-corrected chi connectivity index (χ2v) is 7.36. The highest BCUT2D eigenvalue weighted by atomic mass is 16.6. The molecule has 2 aromatic heterocycles. The van der Waals surface area contributed by atoms with Gasteiger partial charge in [-0.1, -0.05) is 11.6 Å². The zero-order chi connectivity index (χ0) is 17.6. The van der Waals surface area contributed by atoms with Crippen LogP contribution in [0.1, 0.15) is 39.2 Å². The van der Waals surface area contributed by atoms with Crippen LogP contribution in [-0.2, 0) is 11.2 Å². The fraction of sp³-hybridized carbons (Fsp3) is 0.381. The Morgan fingerprint density at radius 1 is 1.20 bits per heavy atom. The van der Waals surface area contributed by atoms with Crippen LogP contribution in [0.3, 0.4) is 0 Å². The molecular formula is C21H22O4. The molecule has 1 saturated heterocycles. The third-order valence-electron chi connectivity index (χ3n) is 5.09. The molecule has 1 unspecified atom stereocenters. The van der Waals surface area contributed by atoms with Gasteiger partial charge in [-0.3, -0.25) is 0 Å². The summed E-state index contributed by atoms with van der Waals surface area (Å²) in [5.74, 6) is 0. The number of furan rings is 1. The van der Waals surface area contributed by atoms with Gasteiger partial charge in [-0.2, -0.15) is 0 Å². The van der Waals surface area contributed by atoms with E-state index in [0.29, 0.717) is 11.7 Å². The molecule has 1 aromatic carbocycles. The quantitative estimate of drug-likeness (QED) is 0.374. The number of hydrogen-bond donors (Lipinski definition) is 0. The summed E-state index contributed by atoms with van der Waals surface area (Å²) in [6.07, 6.45) is 7.17. The third kappa shape index (κ3) is 3.14. The number of ether oxygens (including phenoxy) is 1. The van der Waals surface area contributed by atoms with Gasteiger partial charge in [0.25, 0.3) is 0 Å². The largest absolute Gasteiger partial charge is 0.464 e. The Bertz CT molecular complexity index is 1020. The minimum absolute atomic E-state index is 0.0520. The first-order valence-electron chi connectivity index (χ1n) is 8.70. The summed E-state index contributed by atoms with van der Waals surface area (Å²) in [6, 6.07) is 7.07. The van der Waals surface area contributed by atoms with Gasteiger partial charge in [0.1, 0.15) is 11.2 Å². The molecule has 1 atom stereocenters. The molecule has 0 bridgehead atoms. The molecule has 0 N–H and O–H groups in total. The van der Waals surface area contributed by atoms with E-state index in [2.05, 4.69) is 26.8 Å². The van der Waals surface area contributed by atoms with Gasteiger partial charge in [0.05, 0.1) is 18.0 Å². The standard InChI is InChI=1S/C21H22O4/c1-13(5-8-19-21(2,3)25-19)4-6-14-15-7-9-20(22)24-18(15)12-17-16(14)10-11-23-17/h4,7,9-12,19H,5-6,8H2,1-3H3/b13-4+. The number of rotatable bonds is 5. The topological polar surface area (TPSA) is 55.9 Å². The first-order chi connectivity index (χ1) is 11.9. The molecule has 1 fully saturated rings. The van der Waals surface area contributed by atoms with E-state index in [1.54, 1.807) is 12.3 Å². The average molecular weight is 338 g/mol. The lowest BCUT2D eigenvalue weighted by Crippen LogP contribution is -2.02. The molecule has 0 saturated carbocycles. The fourth-order valence-corrected chi connectivity index (χ4v) is 3.43. The summed E-state index contributed by atoms with van der Waals surface area (Å²) in [6.45, 7) is 6.43. The van der Waals surface area contributed by atoms with Crippen molar-refractivity contribution in [1.82, 2.24) is 0 Å². The van der Waals surface area contributed by atoms with Gasteiger partial charge in [-0.05, 0) is 57.7 Å². The molecule has 0 amide bonds. The lowest BCUT2D eigenvalue weighted by Gasteiger charge is -2.06. The number of fused-ring (bicyclic) bond motifs is 2. The lowest BCUT2D eigenvalue weighted by atomic mass is 9.98. The lowest BCUT2D eigenvalue weighted by molar-refractivity contribution is 0.320. The average Bonchev–Trinajstić information content (AvgIpc) is 2.94. The fourth-order valence-electron chi connectivity index (χ4n) is 3.43. The van der Waals surface area contributed by atoms with Crippen molar-refractivity contribution < 1.29 is 13.6 Å². The molecular weight excluding hydrogens is 316 g/mol. The monoisotopic (exact) mass is 338 g/mol. The van der Waals surface area contributed by atoms with Crippen LogP contribution in [0.15, 0.2) is 55.8 Å². The van der Waals surface area contributed by atoms with Crippen LogP contribution < -0.4 is 5.63 Å². The Labute approximate surface area is 146 Å². The molecule has 0 radical (unpaired) electrons. The third-order valence-corrected chi connectivity index (χ3v) is 5.09. The summed E-state index contributed by atoms with van der Waals surface area (Å²) in [4.78, 5) is 11.5. The van der Waals surface area contributed by atoms with E-state index < -0.39 is 0 Å². The zero-order valence-electron chi connectivity index (χ0n) is 14.8. The van der Waals surface area contributed by atoms with Crippen LogP contribution in [0.4, 0.5) is 0 Å². The molecule has 4 nitrogen and oxygen atoms in total. The number of benzene rings is 1. The van der Waals surface area contributed by atoms with E-state index in [9.17, 15) is 4.79 Å². The van der Waals surface area contributed by atoms with E-state index in [1.165, 1.54) is 11.6 Å². The van der Waals surface area contributed by atoms with Crippen molar-refractivity contribution >= 4 is 21.9 Å². The number of allylic oxidation sites excluding steroid dienone is 2. The van der Waals surface area contributed by atoms with Crippen molar-refractivity contribution in [3.05, 3.63) is 58.2 Å². The van der Waals surface area contributed by atoms with E-state index in [1.807, 2.05) is 12.1 Å². The van der Waals surface area contributed by atoms with Gasteiger partial charge in [0, 0.05) is 22.9 Å². The molecule has 0 aliphatic carbocycles. The second-order valence-electron chi connectivity index (χ2n) is 7.36. The van der Waals surface area contributed by atoms with Crippen LogP contribution in [0.25, 0.3) is 21.9 Å². The van der Waals surface area contributed by atoms with Crippen molar-refractivity contribution in [2.24, 2.45) is 0 Å². The highest BCUT2D eigenvalue weighted by Gasteiger charge is 2.46. The molecule has 1 aliphatic rings. The van der Waals surface area contributed by atoms with Crippen LogP contribution in [-0.4, -0.2) is 11.7 Å². The van der Waals surface area contributed by atoms with Crippen LogP contribution in [0.5, 0.6) is 0 Å². The molecule has 130 valence electrons. The van der Waals surface area contributed by atoms with Gasteiger partial charge in [0.15, 0.2) is 0 Å². The molecule has 25 heavy (non-hydrogen) atoms. The van der Waals surface area contributed by atoms with Gasteiger partial charge in [-0.25, -0.2) is 4.79 Å². The predicted molar refractivity (Wildman–Crippen MR) is 97.9 cm³/mol. The first kappa shape index (κ1) is 16.2. The van der Waals surface area contributed by atoms with E-state index >= 15 is 0 Å². The maximum atomic E-state index is 11.5. The van der Waals surface area contributed by atoms with Crippen LogP contribution >= 0.6 is 0 Å². The molecule has 4 heteroatoms. The summed E-state index contributed by atoms with van der Waals surface area (Å²) >= 11 is 0. The predicted octanol–water partition coefficient (Wildman–Crippen LogP) is 4.99. The summed E-state index contributed by atoms with van der Waals surface area (Å²) in [5, 5.41) is 2.03. The van der Waals surface area contributed by atoms with Crippen LogP contribution in [0, 0.1) is 0 Å². The molecule has 0 spiro atoms. The SMILES string of the molecule is C/C(=C\Cc1c2ccoc2cc2oc(=O)ccc12)CCC1OC1(C)C. The summed E-state index contributed by atoms with van der Waals surface area (Å²) in [5.41, 5.74) is 3.50. The first-order valence-corrected chi connectivity index (χ1v) is 8.70. The molecule has 4 rings (SSSR count). The van der Waals surface area contributed by atoms with Gasteiger partial charge in [0.2, 0.25) is 0 Å². The highest BCUT2D eigenvalue weighted by Crippen LogP contribution is 2.39. The maximum Gasteiger partial charge on any atom is 0.336 e. The minimum Gasteiger partial charge on any atom is -0.464 e. The number of hydrogen-bond acceptors (Lipinski definition) is 4. The van der Waals surface area contributed by atoms with Gasteiger partial charge < -0.3 is 13.6 Å². The van der Waals surface area contributed by atoms with E-state index in [0.717, 1.165) is 41.2 Å². The normalized spacial score (nSPS) is 19.6. The minimum atomic E-state index is -0.344. The van der Waals surface area contributed by atoms with Gasteiger partial charge >= 0.3 is 5.63 Å². The second kappa shape index (κ2) is 5.88. The van der Waals surface area contributed by atoms with Crippen molar-refractivity contribution in [1.29, 1.82) is 0 Å². The van der Waals surface area contributed by atoms with Crippen molar-refractivity contribution in [2.45, 2.75) is 51.7 Å². The Morgan fingerprint density at radius 2 is 1.96 bits per heavy atom. The summed E-state index contributed by atoms with van der Waals surface area (Å²) in [7, 11) is 0. The number of epoxide rings is 1. The molecule has 3 heterocycles. The zero-order valence-corrected chi connectivity index (χ0v) is 14.8. The van der Waals surface area contributed by atoms with E-state index in [-0.39, 0.29) is 11.2 Å². The molecule has 3 aromatic rings. The smallest absolute Gasteiger partial charge is 0.336 e. The molecule has 1 aliphatic heterocycles. The van der Waals surface area contributed by atoms with Crippen LogP contribution in [0.2, 0.25) is 0 Å². The maximum absolute atomic E-state index is 11.5. The Kier molecular flexibility index (Phi) is 3.80. The Balaban J connectivity index is 1.62. The van der Waals surface area contributed by atoms with Gasteiger partial charge in [-0.15, -0.1) is 0 Å². The van der Waals surface area contributed by atoms with E-state index in [4.69, 9.17) is 13.6 Å². The Hall–Kier alpha value is -2.33. The van der Waals surface area contributed by atoms with Crippen molar-refractivity contribution in [3.8, 4) is 0 Å². The highest BCUT2D eigenvalue weighted by molar-refractivity contribution is 5.97. The van der Waals surface area contributed by atoms with Crippen molar-refractivity contribution in [3.63, 3.8) is 0 Å².